The summed E-state index contributed by atoms with van der Waals surface area (Å²) in [6.45, 7) is 8.76. The zero-order valence-corrected chi connectivity index (χ0v) is 10.9. The fourth-order valence-corrected chi connectivity index (χ4v) is 2.91. The van der Waals surface area contributed by atoms with E-state index in [1.165, 1.54) is 0 Å². The van der Waals surface area contributed by atoms with Crippen molar-refractivity contribution in [2.24, 2.45) is 0 Å². The quantitative estimate of drug-likeness (QED) is 0.810. The van der Waals surface area contributed by atoms with Crippen LogP contribution in [0.15, 0.2) is 10.8 Å². The van der Waals surface area contributed by atoms with Crippen molar-refractivity contribution >= 4 is 17.2 Å². The van der Waals surface area contributed by atoms with Gasteiger partial charge in [0.15, 0.2) is 0 Å². The number of nitrogens with zero attached hydrogens (tertiary/aromatic N) is 1. The zero-order chi connectivity index (χ0) is 11.8. The Labute approximate surface area is 100 Å². The third-order valence-electron chi connectivity index (χ3n) is 3.13. The molecule has 2 rings (SSSR count). The number of aryl methyl sites for hydroxylation is 1. The molecule has 1 aromatic rings. The van der Waals surface area contributed by atoms with Gasteiger partial charge in [-0.05, 0) is 31.7 Å². The van der Waals surface area contributed by atoms with E-state index in [1.807, 2.05) is 22.6 Å². The minimum atomic E-state index is -0.0935. The molecule has 0 aromatic carbocycles. The molecule has 0 spiro atoms. The minimum absolute atomic E-state index is 0.0935. The first kappa shape index (κ1) is 11.6. The molecule has 4 heteroatoms. The first-order valence-corrected chi connectivity index (χ1v) is 6.52. The molecular formula is C12H18N2OS. The molecule has 0 bridgehead atoms. The molecule has 0 radical (unpaired) electrons. The minimum Gasteiger partial charge on any atom is -0.331 e. The summed E-state index contributed by atoms with van der Waals surface area (Å²) >= 11 is 1.60. The highest BCUT2D eigenvalue weighted by atomic mass is 32.1. The average Bonchev–Trinajstić information content (AvgIpc) is 2.63. The molecule has 1 N–H and O–H groups in total. The Bertz CT molecular complexity index is 397. The van der Waals surface area contributed by atoms with Crippen LogP contribution in [0.25, 0.3) is 0 Å². The summed E-state index contributed by atoms with van der Waals surface area (Å²) in [4.78, 5) is 14.4. The second kappa shape index (κ2) is 4.18. The number of carbonyl (C=O) groups excluding carboxylic acids is 1. The van der Waals surface area contributed by atoms with Crippen molar-refractivity contribution in [3.05, 3.63) is 21.9 Å². The van der Waals surface area contributed by atoms with Gasteiger partial charge in [0, 0.05) is 25.0 Å². The van der Waals surface area contributed by atoms with Gasteiger partial charge in [-0.1, -0.05) is 0 Å². The molecule has 1 fully saturated rings. The van der Waals surface area contributed by atoms with E-state index < -0.39 is 0 Å². The van der Waals surface area contributed by atoms with E-state index in [4.69, 9.17) is 0 Å². The topological polar surface area (TPSA) is 32.3 Å². The zero-order valence-electron chi connectivity index (χ0n) is 10.0. The molecule has 0 saturated carbocycles. The monoisotopic (exact) mass is 238 g/mol. The van der Waals surface area contributed by atoms with Crippen molar-refractivity contribution in [2.75, 3.05) is 19.6 Å². The van der Waals surface area contributed by atoms with Crippen molar-refractivity contribution in [2.45, 2.75) is 26.3 Å². The molecular weight excluding hydrogens is 220 g/mol. The van der Waals surface area contributed by atoms with Crippen molar-refractivity contribution in [1.29, 1.82) is 0 Å². The summed E-state index contributed by atoms with van der Waals surface area (Å²) in [5.41, 5.74) is 1.85. The van der Waals surface area contributed by atoms with Gasteiger partial charge in [0.05, 0.1) is 11.1 Å². The Morgan fingerprint density at radius 1 is 1.50 bits per heavy atom. The predicted molar refractivity (Wildman–Crippen MR) is 67.0 cm³/mol. The summed E-state index contributed by atoms with van der Waals surface area (Å²) < 4.78 is 0. The SMILES string of the molecule is Cc1cscc1C(=O)N1CCNCC1(C)C. The molecule has 1 aliphatic rings. The average molecular weight is 238 g/mol. The Morgan fingerprint density at radius 3 is 2.81 bits per heavy atom. The molecule has 1 aromatic heterocycles. The summed E-state index contributed by atoms with van der Waals surface area (Å²) in [6.07, 6.45) is 0. The van der Waals surface area contributed by atoms with Crippen LogP contribution in [0.3, 0.4) is 0 Å². The lowest BCUT2D eigenvalue weighted by atomic mass is 9.98. The van der Waals surface area contributed by atoms with Gasteiger partial charge in [-0.2, -0.15) is 11.3 Å². The van der Waals surface area contributed by atoms with Gasteiger partial charge >= 0.3 is 0 Å². The number of hydrogen-bond acceptors (Lipinski definition) is 3. The van der Waals surface area contributed by atoms with Crippen molar-refractivity contribution in [1.82, 2.24) is 10.2 Å². The number of carbonyl (C=O) groups is 1. The number of nitrogens with one attached hydrogen (secondary N) is 1. The second-order valence-corrected chi connectivity index (χ2v) is 5.66. The molecule has 0 aliphatic carbocycles. The van der Waals surface area contributed by atoms with E-state index >= 15 is 0 Å². The van der Waals surface area contributed by atoms with Crippen LogP contribution >= 0.6 is 11.3 Å². The number of rotatable bonds is 1. The number of hydrogen-bond donors (Lipinski definition) is 1. The van der Waals surface area contributed by atoms with Gasteiger partial charge < -0.3 is 10.2 Å². The van der Waals surface area contributed by atoms with E-state index in [0.29, 0.717) is 0 Å². The third-order valence-corrected chi connectivity index (χ3v) is 3.99. The van der Waals surface area contributed by atoms with E-state index in [1.54, 1.807) is 11.3 Å². The summed E-state index contributed by atoms with van der Waals surface area (Å²) in [5.74, 6) is 0.172. The largest absolute Gasteiger partial charge is 0.331 e. The standard InChI is InChI=1S/C12H18N2OS/c1-9-6-16-7-10(9)11(15)14-5-4-13-8-12(14,2)3/h6-7,13H,4-5,8H2,1-3H3. The first-order chi connectivity index (χ1) is 7.52. The van der Waals surface area contributed by atoms with Gasteiger partial charge in [0.2, 0.25) is 0 Å². The molecule has 88 valence electrons. The van der Waals surface area contributed by atoms with Gasteiger partial charge in [-0.25, -0.2) is 0 Å². The maximum absolute atomic E-state index is 12.4. The molecule has 1 amide bonds. The van der Waals surface area contributed by atoms with E-state index in [0.717, 1.165) is 30.8 Å². The van der Waals surface area contributed by atoms with Crippen molar-refractivity contribution < 1.29 is 4.79 Å². The van der Waals surface area contributed by atoms with Crippen LogP contribution < -0.4 is 5.32 Å². The smallest absolute Gasteiger partial charge is 0.255 e. The lowest BCUT2D eigenvalue weighted by molar-refractivity contribution is 0.0477. The van der Waals surface area contributed by atoms with E-state index in [-0.39, 0.29) is 11.4 Å². The van der Waals surface area contributed by atoms with Crippen LogP contribution in [0, 0.1) is 6.92 Å². The van der Waals surface area contributed by atoms with Crippen LogP contribution in [0.1, 0.15) is 29.8 Å². The Morgan fingerprint density at radius 2 is 2.25 bits per heavy atom. The Kier molecular flexibility index (Phi) is 3.04. The second-order valence-electron chi connectivity index (χ2n) is 4.91. The number of piperazine rings is 1. The van der Waals surface area contributed by atoms with Gasteiger partial charge in [0.25, 0.3) is 5.91 Å². The molecule has 1 saturated heterocycles. The maximum Gasteiger partial charge on any atom is 0.255 e. The fraction of sp³-hybridized carbons (Fsp3) is 0.583. The molecule has 1 aliphatic heterocycles. The van der Waals surface area contributed by atoms with Crippen LogP contribution in [0.2, 0.25) is 0 Å². The summed E-state index contributed by atoms with van der Waals surface area (Å²) in [5, 5.41) is 7.31. The molecule has 16 heavy (non-hydrogen) atoms. The highest BCUT2D eigenvalue weighted by Crippen LogP contribution is 2.22. The molecule has 2 heterocycles. The summed E-state index contributed by atoms with van der Waals surface area (Å²) in [7, 11) is 0. The van der Waals surface area contributed by atoms with Crippen LogP contribution in [0.5, 0.6) is 0 Å². The summed E-state index contributed by atoms with van der Waals surface area (Å²) in [6, 6.07) is 0. The fourth-order valence-electron chi connectivity index (χ4n) is 2.08. The van der Waals surface area contributed by atoms with E-state index in [9.17, 15) is 4.79 Å². The highest BCUT2D eigenvalue weighted by Gasteiger charge is 2.34. The van der Waals surface area contributed by atoms with E-state index in [2.05, 4.69) is 19.2 Å². The highest BCUT2D eigenvalue weighted by molar-refractivity contribution is 7.08. The lowest BCUT2D eigenvalue weighted by Crippen LogP contribution is -2.59. The molecule has 0 unspecified atom stereocenters. The predicted octanol–water partition coefficient (Wildman–Crippen LogP) is 1.88. The number of thiophene rings is 1. The van der Waals surface area contributed by atoms with Crippen LogP contribution in [-0.4, -0.2) is 36.0 Å². The van der Waals surface area contributed by atoms with Crippen molar-refractivity contribution in [3.8, 4) is 0 Å². The lowest BCUT2D eigenvalue weighted by Gasteiger charge is -2.42. The van der Waals surface area contributed by atoms with Gasteiger partial charge in [-0.3, -0.25) is 4.79 Å². The Balaban J connectivity index is 2.24. The third kappa shape index (κ3) is 1.99. The maximum atomic E-state index is 12.4. The van der Waals surface area contributed by atoms with Crippen LogP contribution in [0.4, 0.5) is 0 Å². The normalized spacial score (nSPS) is 19.8. The molecule has 0 atom stereocenters. The van der Waals surface area contributed by atoms with Crippen LogP contribution in [-0.2, 0) is 0 Å². The van der Waals surface area contributed by atoms with Crippen molar-refractivity contribution in [3.63, 3.8) is 0 Å². The van der Waals surface area contributed by atoms with Gasteiger partial charge in [0.1, 0.15) is 0 Å². The number of amides is 1. The molecule has 3 nitrogen and oxygen atoms in total. The Hall–Kier alpha value is -0.870. The first-order valence-electron chi connectivity index (χ1n) is 5.58. The van der Waals surface area contributed by atoms with Gasteiger partial charge in [-0.15, -0.1) is 0 Å².